The first-order valence-electron chi connectivity index (χ1n) is 5.48. The summed E-state index contributed by atoms with van der Waals surface area (Å²) in [6, 6.07) is 6.02. The van der Waals surface area contributed by atoms with Crippen LogP contribution in [-0.2, 0) is 5.75 Å². The van der Waals surface area contributed by atoms with E-state index in [-0.39, 0.29) is 0 Å². The van der Waals surface area contributed by atoms with E-state index in [0.29, 0.717) is 6.54 Å². The fourth-order valence-corrected chi connectivity index (χ4v) is 3.09. The third kappa shape index (κ3) is 3.84. The molecule has 0 aliphatic carbocycles. The van der Waals surface area contributed by atoms with Crippen molar-refractivity contribution in [2.75, 3.05) is 6.54 Å². The standard InChI is InChI=1S/C13H13N3S2/c1-10-6-8-15-13(16-10)17-9-12-5-4-11(18-12)3-2-7-14/h4-6,8H,7,9,14H2,1H3. The third-order valence-electron chi connectivity index (χ3n) is 2.09. The molecule has 0 fully saturated rings. The minimum Gasteiger partial charge on any atom is -0.320 e. The SMILES string of the molecule is Cc1ccnc(SCc2ccc(C#CCN)s2)n1. The maximum atomic E-state index is 5.34. The van der Waals surface area contributed by atoms with Crippen LogP contribution in [0.5, 0.6) is 0 Å². The molecule has 2 rings (SSSR count). The van der Waals surface area contributed by atoms with Crippen molar-refractivity contribution in [2.24, 2.45) is 5.73 Å². The van der Waals surface area contributed by atoms with E-state index in [0.717, 1.165) is 21.5 Å². The van der Waals surface area contributed by atoms with Gasteiger partial charge in [-0.05, 0) is 25.1 Å². The predicted octanol–water partition coefficient (Wildman–Crippen LogP) is 2.45. The van der Waals surface area contributed by atoms with Gasteiger partial charge in [0.25, 0.3) is 0 Å². The topological polar surface area (TPSA) is 51.8 Å². The third-order valence-corrected chi connectivity index (χ3v) is 4.19. The first kappa shape index (κ1) is 13.1. The fraction of sp³-hybridized carbons (Fsp3) is 0.231. The molecule has 3 nitrogen and oxygen atoms in total. The number of aromatic nitrogens is 2. The maximum Gasteiger partial charge on any atom is 0.188 e. The number of nitrogens with two attached hydrogens (primary N) is 1. The van der Waals surface area contributed by atoms with Crippen LogP contribution in [0.2, 0.25) is 0 Å². The molecule has 2 aromatic rings. The highest BCUT2D eigenvalue weighted by Gasteiger charge is 2.02. The van der Waals surface area contributed by atoms with Crippen LogP contribution in [0.25, 0.3) is 0 Å². The van der Waals surface area contributed by atoms with Crippen LogP contribution in [0.15, 0.2) is 29.6 Å². The summed E-state index contributed by atoms with van der Waals surface area (Å²) < 4.78 is 0. The molecule has 0 amide bonds. The van der Waals surface area contributed by atoms with Crippen LogP contribution in [0, 0.1) is 18.8 Å². The molecule has 2 N–H and O–H groups in total. The molecule has 0 spiro atoms. The van der Waals surface area contributed by atoms with Gasteiger partial charge in [-0.2, -0.15) is 0 Å². The number of rotatable bonds is 3. The van der Waals surface area contributed by atoms with E-state index < -0.39 is 0 Å². The summed E-state index contributed by atoms with van der Waals surface area (Å²) in [4.78, 5) is 10.9. The smallest absolute Gasteiger partial charge is 0.188 e. The fourth-order valence-electron chi connectivity index (χ4n) is 1.29. The molecule has 0 atom stereocenters. The minimum atomic E-state index is 0.402. The van der Waals surface area contributed by atoms with Gasteiger partial charge in [0.05, 0.1) is 11.4 Å². The summed E-state index contributed by atoms with van der Waals surface area (Å²) in [6.45, 7) is 2.37. The largest absolute Gasteiger partial charge is 0.320 e. The zero-order valence-electron chi connectivity index (χ0n) is 10.0. The monoisotopic (exact) mass is 275 g/mol. The molecule has 0 saturated carbocycles. The summed E-state index contributed by atoms with van der Waals surface area (Å²) in [5.41, 5.74) is 6.34. The van der Waals surface area contributed by atoms with Gasteiger partial charge in [0.15, 0.2) is 5.16 Å². The second kappa shape index (κ2) is 6.55. The molecule has 0 radical (unpaired) electrons. The van der Waals surface area contributed by atoms with Crippen LogP contribution >= 0.6 is 23.1 Å². The summed E-state index contributed by atoms with van der Waals surface area (Å²) in [7, 11) is 0. The van der Waals surface area contributed by atoms with E-state index in [9.17, 15) is 0 Å². The normalized spacial score (nSPS) is 9.89. The van der Waals surface area contributed by atoms with Gasteiger partial charge in [-0.3, -0.25) is 0 Å². The molecule has 2 heterocycles. The lowest BCUT2D eigenvalue weighted by Gasteiger charge is -1.98. The molecular formula is C13H13N3S2. The molecule has 0 saturated heterocycles. The van der Waals surface area contributed by atoms with Gasteiger partial charge in [0.1, 0.15) is 0 Å². The zero-order valence-corrected chi connectivity index (χ0v) is 11.6. The zero-order chi connectivity index (χ0) is 12.8. The number of nitrogens with zero attached hydrogens (tertiary/aromatic N) is 2. The number of hydrogen-bond acceptors (Lipinski definition) is 5. The Labute approximate surface area is 115 Å². The van der Waals surface area contributed by atoms with E-state index in [2.05, 4.69) is 27.9 Å². The van der Waals surface area contributed by atoms with Crippen LogP contribution in [0.4, 0.5) is 0 Å². The van der Waals surface area contributed by atoms with Gasteiger partial charge in [-0.15, -0.1) is 11.3 Å². The van der Waals surface area contributed by atoms with Crippen LogP contribution in [-0.4, -0.2) is 16.5 Å². The Morgan fingerprint density at radius 1 is 1.39 bits per heavy atom. The van der Waals surface area contributed by atoms with E-state index in [1.165, 1.54) is 4.88 Å². The van der Waals surface area contributed by atoms with Crippen molar-refractivity contribution < 1.29 is 0 Å². The van der Waals surface area contributed by atoms with Gasteiger partial charge >= 0.3 is 0 Å². The lowest BCUT2D eigenvalue weighted by Crippen LogP contribution is -1.92. The van der Waals surface area contributed by atoms with Gasteiger partial charge in [0.2, 0.25) is 0 Å². The average molecular weight is 275 g/mol. The molecule has 0 aromatic carbocycles. The average Bonchev–Trinajstić information content (AvgIpc) is 2.82. The molecule has 5 heteroatoms. The van der Waals surface area contributed by atoms with Crippen molar-refractivity contribution in [3.63, 3.8) is 0 Å². The van der Waals surface area contributed by atoms with Crippen LogP contribution < -0.4 is 5.73 Å². The van der Waals surface area contributed by atoms with Crippen molar-refractivity contribution in [1.82, 2.24) is 9.97 Å². The minimum absolute atomic E-state index is 0.402. The molecule has 92 valence electrons. The van der Waals surface area contributed by atoms with Gasteiger partial charge in [0, 0.05) is 22.5 Å². The van der Waals surface area contributed by atoms with E-state index in [1.807, 2.05) is 19.1 Å². The summed E-state index contributed by atoms with van der Waals surface area (Å²) in [6.07, 6.45) is 1.79. The van der Waals surface area contributed by atoms with E-state index >= 15 is 0 Å². The number of hydrogen-bond donors (Lipinski definition) is 1. The molecule has 0 aliphatic rings. The van der Waals surface area contributed by atoms with E-state index in [4.69, 9.17) is 5.73 Å². The summed E-state index contributed by atoms with van der Waals surface area (Å²) in [5, 5.41) is 0.818. The predicted molar refractivity (Wildman–Crippen MR) is 76.6 cm³/mol. The number of aryl methyl sites for hydroxylation is 1. The van der Waals surface area contributed by atoms with Crippen molar-refractivity contribution in [3.8, 4) is 11.8 Å². The Morgan fingerprint density at radius 3 is 3.06 bits per heavy atom. The highest BCUT2D eigenvalue weighted by atomic mass is 32.2. The van der Waals surface area contributed by atoms with Gasteiger partial charge in [-0.25, -0.2) is 9.97 Å². The van der Waals surface area contributed by atoms with Crippen molar-refractivity contribution in [2.45, 2.75) is 17.8 Å². The molecule has 18 heavy (non-hydrogen) atoms. The molecule has 0 bridgehead atoms. The summed E-state index contributed by atoms with van der Waals surface area (Å²) in [5.74, 6) is 6.76. The Morgan fingerprint density at radius 2 is 2.28 bits per heavy atom. The van der Waals surface area contributed by atoms with E-state index in [1.54, 1.807) is 29.3 Å². The summed E-state index contributed by atoms with van der Waals surface area (Å²) >= 11 is 3.33. The first-order valence-corrected chi connectivity index (χ1v) is 7.28. The second-order valence-corrected chi connectivity index (χ2v) is 5.65. The first-order chi connectivity index (χ1) is 8.78. The maximum absolute atomic E-state index is 5.34. The number of thioether (sulfide) groups is 1. The highest BCUT2D eigenvalue weighted by Crippen LogP contribution is 2.24. The molecular weight excluding hydrogens is 262 g/mol. The van der Waals surface area contributed by atoms with Crippen LogP contribution in [0.1, 0.15) is 15.4 Å². The van der Waals surface area contributed by atoms with Crippen molar-refractivity contribution in [1.29, 1.82) is 0 Å². The highest BCUT2D eigenvalue weighted by molar-refractivity contribution is 7.98. The van der Waals surface area contributed by atoms with Gasteiger partial charge < -0.3 is 5.73 Å². The van der Waals surface area contributed by atoms with Crippen LogP contribution in [0.3, 0.4) is 0 Å². The van der Waals surface area contributed by atoms with Gasteiger partial charge in [-0.1, -0.05) is 23.6 Å². The van der Waals surface area contributed by atoms with Crippen molar-refractivity contribution >= 4 is 23.1 Å². The molecule has 2 aromatic heterocycles. The Balaban J connectivity index is 1.96. The lowest BCUT2D eigenvalue weighted by atomic mass is 10.4. The second-order valence-electron chi connectivity index (χ2n) is 3.54. The van der Waals surface area contributed by atoms with Crippen molar-refractivity contribution in [3.05, 3.63) is 39.8 Å². The quantitative estimate of drug-likeness (QED) is 0.531. The Hall–Kier alpha value is -1.35. The molecule has 0 unspecified atom stereocenters. The number of thiophene rings is 1. The lowest BCUT2D eigenvalue weighted by molar-refractivity contribution is 0.932. The Bertz CT molecular complexity index is 581. The Kier molecular flexibility index (Phi) is 4.76. The molecule has 0 aliphatic heterocycles.